The lowest BCUT2D eigenvalue weighted by Gasteiger charge is -2.23. The molecule has 0 bridgehead atoms. The molecule has 1 rings (SSSR count). The molecule has 0 unspecified atom stereocenters. The molecule has 106 valence electrons. The van der Waals surface area contributed by atoms with Gasteiger partial charge in [-0.1, -0.05) is 26.0 Å². The van der Waals surface area contributed by atoms with Gasteiger partial charge >= 0.3 is 0 Å². The van der Waals surface area contributed by atoms with Gasteiger partial charge in [-0.3, -0.25) is 4.79 Å². The lowest BCUT2D eigenvalue weighted by atomic mass is 9.83. The normalized spacial score (nSPS) is 11.4. The average molecular weight is 263 g/mol. The highest BCUT2D eigenvalue weighted by atomic mass is 16.5. The highest BCUT2D eigenvalue weighted by molar-refractivity contribution is 5.98. The summed E-state index contributed by atoms with van der Waals surface area (Å²) >= 11 is 0. The van der Waals surface area contributed by atoms with E-state index in [0.717, 1.165) is 12.8 Å². The molecule has 0 heterocycles. The van der Waals surface area contributed by atoms with Crippen LogP contribution in [0.2, 0.25) is 0 Å². The number of rotatable bonds is 8. The van der Waals surface area contributed by atoms with Crippen LogP contribution in [0.4, 0.5) is 0 Å². The lowest BCUT2D eigenvalue weighted by Crippen LogP contribution is -2.18. The van der Waals surface area contributed by atoms with Crippen molar-refractivity contribution in [1.82, 2.24) is 0 Å². The van der Waals surface area contributed by atoms with E-state index in [1.165, 1.54) is 0 Å². The van der Waals surface area contributed by atoms with E-state index in [1.807, 2.05) is 31.2 Å². The summed E-state index contributed by atoms with van der Waals surface area (Å²) in [6.45, 7) is 7.47. The molecular weight excluding hydrogens is 238 g/mol. The van der Waals surface area contributed by atoms with Crippen LogP contribution < -0.4 is 10.5 Å². The number of hydrogen-bond donors (Lipinski definition) is 1. The SMILES string of the molecule is CCOc1ccccc1C(=O)CCC(C)(C)CCN. The first-order valence-electron chi connectivity index (χ1n) is 6.95. The van der Waals surface area contributed by atoms with Gasteiger partial charge in [0.1, 0.15) is 5.75 Å². The third-order valence-corrected chi connectivity index (χ3v) is 3.34. The molecule has 1 aromatic rings. The summed E-state index contributed by atoms with van der Waals surface area (Å²) in [5.41, 5.74) is 6.39. The Hall–Kier alpha value is -1.35. The molecule has 0 radical (unpaired) electrons. The summed E-state index contributed by atoms with van der Waals surface area (Å²) in [7, 11) is 0. The van der Waals surface area contributed by atoms with E-state index in [9.17, 15) is 4.79 Å². The van der Waals surface area contributed by atoms with E-state index in [4.69, 9.17) is 10.5 Å². The number of hydrogen-bond acceptors (Lipinski definition) is 3. The van der Waals surface area contributed by atoms with Crippen LogP contribution in [0, 0.1) is 5.41 Å². The molecule has 0 aliphatic rings. The predicted octanol–water partition coefficient (Wildman–Crippen LogP) is 3.42. The minimum Gasteiger partial charge on any atom is -0.493 e. The Morgan fingerprint density at radius 2 is 1.95 bits per heavy atom. The molecule has 0 aliphatic heterocycles. The molecule has 0 saturated heterocycles. The maximum Gasteiger partial charge on any atom is 0.166 e. The van der Waals surface area contributed by atoms with Crippen LogP contribution in [0.25, 0.3) is 0 Å². The van der Waals surface area contributed by atoms with E-state index >= 15 is 0 Å². The Labute approximate surface area is 116 Å². The van der Waals surface area contributed by atoms with Crippen molar-refractivity contribution < 1.29 is 9.53 Å². The molecule has 0 saturated carbocycles. The minimum absolute atomic E-state index is 0.116. The molecule has 19 heavy (non-hydrogen) atoms. The maximum absolute atomic E-state index is 12.3. The molecule has 2 N–H and O–H groups in total. The molecule has 3 nitrogen and oxygen atoms in total. The zero-order valence-corrected chi connectivity index (χ0v) is 12.2. The number of benzene rings is 1. The van der Waals surface area contributed by atoms with Crippen LogP contribution >= 0.6 is 0 Å². The zero-order valence-electron chi connectivity index (χ0n) is 12.2. The van der Waals surface area contributed by atoms with Crippen molar-refractivity contribution >= 4 is 5.78 Å². The minimum atomic E-state index is 0.116. The number of carbonyl (C=O) groups is 1. The van der Waals surface area contributed by atoms with Gasteiger partial charge < -0.3 is 10.5 Å². The molecule has 1 aromatic carbocycles. The van der Waals surface area contributed by atoms with Gasteiger partial charge in [0.2, 0.25) is 0 Å². The number of ether oxygens (including phenoxy) is 1. The van der Waals surface area contributed by atoms with Crippen LogP contribution in [-0.2, 0) is 0 Å². The number of nitrogens with two attached hydrogens (primary N) is 1. The second-order valence-electron chi connectivity index (χ2n) is 5.56. The number of para-hydroxylation sites is 1. The smallest absolute Gasteiger partial charge is 0.166 e. The second-order valence-corrected chi connectivity index (χ2v) is 5.56. The van der Waals surface area contributed by atoms with Gasteiger partial charge in [-0.2, -0.15) is 0 Å². The third kappa shape index (κ3) is 5.03. The Morgan fingerprint density at radius 1 is 1.26 bits per heavy atom. The summed E-state index contributed by atoms with van der Waals surface area (Å²) in [6, 6.07) is 7.45. The summed E-state index contributed by atoms with van der Waals surface area (Å²) < 4.78 is 5.50. The van der Waals surface area contributed by atoms with Crippen molar-refractivity contribution in [3.63, 3.8) is 0 Å². The maximum atomic E-state index is 12.3. The lowest BCUT2D eigenvalue weighted by molar-refractivity contribution is 0.0958. The predicted molar refractivity (Wildman–Crippen MR) is 78.6 cm³/mol. The highest BCUT2D eigenvalue weighted by Crippen LogP contribution is 2.28. The molecule has 0 spiro atoms. The van der Waals surface area contributed by atoms with E-state index in [-0.39, 0.29) is 11.2 Å². The number of Topliss-reactive ketones (excluding diaryl/α,β-unsaturated/α-hetero) is 1. The molecule has 0 aromatic heterocycles. The van der Waals surface area contributed by atoms with Crippen molar-refractivity contribution in [2.45, 2.75) is 40.0 Å². The molecule has 0 aliphatic carbocycles. The van der Waals surface area contributed by atoms with Crippen molar-refractivity contribution in [3.8, 4) is 5.75 Å². The first-order chi connectivity index (χ1) is 9.00. The largest absolute Gasteiger partial charge is 0.493 e. The van der Waals surface area contributed by atoms with Crippen LogP contribution in [0.15, 0.2) is 24.3 Å². The average Bonchev–Trinajstić information content (AvgIpc) is 2.37. The Kier molecular flexibility index (Phi) is 6.03. The van der Waals surface area contributed by atoms with Crippen LogP contribution in [-0.4, -0.2) is 18.9 Å². The van der Waals surface area contributed by atoms with E-state index in [2.05, 4.69) is 13.8 Å². The molecule has 3 heteroatoms. The molecule has 0 atom stereocenters. The monoisotopic (exact) mass is 263 g/mol. The van der Waals surface area contributed by atoms with Crippen LogP contribution in [0.3, 0.4) is 0 Å². The first-order valence-corrected chi connectivity index (χ1v) is 6.95. The van der Waals surface area contributed by atoms with Crippen molar-refractivity contribution in [2.24, 2.45) is 11.1 Å². The summed E-state index contributed by atoms with van der Waals surface area (Å²) in [5.74, 6) is 0.834. The van der Waals surface area contributed by atoms with Gasteiger partial charge in [-0.25, -0.2) is 0 Å². The van der Waals surface area contributed by atoms with Crippen molar-refractivity contribution in [3.05, 3.63) is 29.8 Å². The van der Waals surface area contributed by atoms with Gasteiger partial charge in [0.15, 0.2) is 5.78 Å². The fourth-order valence-electron chi connectivity index (χ4n) is 2.08. The van der Waals surface area contributed by atoms with Gasteiger partial charge in [-0.05, 0) is 43.9 Å². The summed E-state index contributed by atoms with van der Waals surface area (Å²) in [4.78, 5) is 12.3. The van der Waals surface area contributed by atoms with E-state index in [0.29, 0.717) is 30.9 Å². The standard InChI is InChI=1S/C16H25NO2/c1-4-19-15-8-6-5-7-13(15)14(18)9-10-16(2,3)11-12-17/h5-8H,4,9-12,17H2,1-3H3. The Morgan fingerprint density at radius 3 is 2.58 bits per heavy atom. The van der Waals surface area contributed by atoms with Crippen molar-refractivity contribution in [1.29, 1.82) is 0 Å². The summed E-state index contributed by atoms with van der Waals surface area (Å²) in [6.07, 6.45) is 2.33. The zero-order chi connectivity index (χ0) is 14.3. The fourth-order valence-corrected chi connectivity index (χ4v) is 2.08. The topological polar surface area (TPSA) is 52.3 Å². The van der Waals surface area contributed by atoms with Crippen molar-refractivity contribution in [2.75, 3.05) is 13.2 Å². The molecular formula is C16H25NO2. The van der Waals surface area contributed by atoms with Gasteiger partial charge in [0.25, 0.3) is 0 Å². The first kappa shape index (κ1) is 15.7. The molecule has 0 amide bonds. The van der Waals surface area contributed by atoms with Gasteiger partial charge in [0, 0.05) is 6.42 Å². The Bertz CT molecular complexity index is 413. The van der Waals surface area contributed by atoms with E-state index < -0.39 is 0 Å². The Balaban J connectivity index is 2.68. The second kappa shape index (κ2) is 7.29. The molecule has 0 fully saturated rings. The third-order valence-electron chi connectivity index (χ3n) is 3.34. The number of carbonyl (C=O) groups excluding carboxylic acids is 1. The summed E-state index contributed by atoms with van der Waals surface area (Å²) in [5, 5.41) is 0. The van der Waals surface area contributed by atoms with E-state index in [1.54, 1.807) is 0 Å². The number of ketones is 1. The quantitative estimate of drug-likeness (QED) is 0.731. The highest BCUT2D eigenvalue weighted by Gasteiger charge is 2.20. The van der Waals surface area contributed by atoms with Gasteiger partial charge in [0.05, 0.1) is 12.2 Å². The fraction of sp³-hybridized carbons (Fsp3) is 0.562. The van der Waals surface area contributed by atoms with Gasteiger partial charge in [-0.15, -0.1) is 0 Å². The van der Waals surface area contributed by atoms with Crippen LogP contribution in [0.5, 0.6) is 5.75 Å². The van der Waals surface area contributed by atoms with Crippen LogP contribution in [0.1, 0.15) is 50.4 Å².